The lowest BCUT2D eigenvalue weighted by atomic mass is 10.1. The van der Waals surface area contributed by atoms with Crippen LogP contribution in [0, 0.1) is 5.92 Å². The Morgan fingerprint density at radius 1 is 1.55 bits per heavy atom. The molecule has 5 nitrogen and oxygen atoms in total. The summed E-state index contributed by atoms with van der Waals surface area (Å²) < 4.78 is 1.74. The van der Waals surface area contributed by atoms with Crippen molar-refractivity contribution < 1.29 is 9.90 Å². The number of nitrogens with one attached hydrogen (secondary N) is 1. The monoisotopic (exact) mass is 277 g/mol. The standard InChI is InChI=1S/C15H23N3O2/c1-4-18-14(8-13(17-18)10(2)3)15(20)16-12-6-5-11(7-12)9-19/h5-6,8,10-12,19H,4,7,9H2,1-3H3,(H,16,20)/t11-,12+/m0/s1. The molecule has 5 heteroatoms. The molecule has 1 aromatic rings. The third kappa shape index (κ3) is 3.10. The largest absolute Gasteiger partial charge is 0.396 e. The number of carbonyl (C=O) groups is 1. The Hall–Kier alpha value is -1.62. The van der Waals surface area contributed by atoms with Gasteiger partial charge in [-0.1, -0.05) is 26.0 Å². The summed E-state index contributed by atoms with van der Waals surface area (Å²) in [6.07, 6.45) is 4.68. The van der Waals surface area contributed by atoms with E-state index in [1.807, 2.05) is 25.1 Å². The van der Waals surface area contributed by atoms with E-state index in [0.29, 0.717) is 18.2 Å². The summed E-state index contributed by atoms with van der Waals surface area (Å²) in [5, 5.41) is 16.5. The van der Waals surface area contributed by atoms with E-state index in [1.165, 1.54) is 0 Å². The van der Waals surface area contributed by atoms with E-state index < -0.39 is 0 Å². The van der Waals surface area contributed by atoms with Gasteiger partial charge in [-0.2, -0.15) is 5.10 Å². The zero-order chi connectivity index (χ0) is 14.7. The summed E-state index contributed by atoms with van der Waals surface area (Å²) in [7, 11) is 0. The number of hydrogen-bond acceptors (Lipinski definition) is 3. The van der Waals surface area contributed by atoms with E-state index in [0.717, 1.165) is 12.1 Å². The van der Waals surface area contributed by atoms with Crippen molar-refractivity contribution in [1.82, 2.24) is 15.1 Å². The van der Waals surface area contributed by atoms with E-state index >= 15 is 0 Å². The molecule has 0 radical (unpaired) electrons. The molecule has 1 heterocycles. The van der Waals surface area contributed by atoms with Gasteiger partial charge in [-0.05, 0) is 25.3 Å². The summed E-state index contributed by atoms with van der Waals surface area (Å²) in [6.45, 7) is 6.92. The van der Waals surface area contributed by atoms with Gasteiger partial charge in [0.2, 0.25) is 0 Å². The number of carbonyl (C=O) groups excluding carboxylic acids is 1. The molecule has 0 unspecified atom stereocenters. The minimum atomic E-state index is -0.0977. The fourth-order valence-corrected chi connectivity index (χ4v) is 2.40. The first kappa shape index (κ1) is 14.8. The van der Waals surface area contributed by atoms with Crippen LogP contribution in [-0.2, 0) is 6.54 Å². The number of hydrogen-bond donors (Lipinski definition) is 2. The van der Waals surface area contributed by atoms with Gasteiger partial charge in [0.05, 0.1) is 5.69 Å². The van der Waals surface area contributed by atoms with Gasteiger partial charge in [0.15, 0.2) is 0 Å². The highest BCUT2D eigenvalue weighted by Crippen LogP contribution is 2.18. The minimum absolute atomic E-state index is 0.00218. The maximum atomic E-state index is 12.3. The van der Waals surface area contributed by atoms with E-state index in [9.17, 15) is 4.79 Å². The Morgan fingerprint density at radius 3 is 2.85 bits per heavy atom. The molecule has 1 aliphatic rings. The van der Waals surface area contributed by atoms with Gasteiger partial charge in [-0.15, -0.1) is 0 Å². The second-order valence-corrected chi connectivity index (χ2v) is 5.57. The highest BCUT2D eigenvalue weighted by atomic mass is 16.3. The average Bonchev–Trinajstić information content (AvgIpc) is 3.04. The molecule has 0 aromatic carbocycles. The zero-order valence-corrected chi connectivity index (χ0v) is 12.3. The van der Waals surface area contributed by atoms with Gasteiger partial charge in [0, 0.05) is 25.1 Å². The first-order chi connectivity index (χ1) is 9.55. The molecule has 0 bridgehead atoms. The molecule has 1 aromatic heterocycles. The Morgan fingerprint density at radius 2 is 2.30 bits per heavy atom. The summed E-state index contributed by atoms with van der Waals surface area (Å²) in [4.78, 5) is 12.3. The molecule has 1 amide bonds. The smallest absolute Gasteiger partial charge is 0.270 e. The second-order valence-electron chi connectivity index (χ2n) is 5.57. The molecule has 0 saturated heterocycles. The average molecular weight is 277 g/mol. The van der Waals surface area contributed by atoms with Crippen molar-refractivity contribution in [2.24, 2.45) is 5.92 Å². The Bertz CT molecular complexity index is 505. The Labute approximate surface area is 119 Å². The van der Waals surface area contributed by atoms with Gasteiger partial charge >= 0.3 is 0 Å². The maximum Gasteiger partial charge on any atom is 0.270 e. The highest BCUT2D eigenvalue weighted by molar-refractivity contribution is 5.93. The molecule has 2 rings (SSSR count). The number of amides is 1. The number of nitrogens with zero attached hydrogens (tertiary/aromatic N) is 2. The molecule has 2 atom stereocenters. The first-order valence-electron chi connectivity index (χ1n) is 7.23. The van der Waals surface area contributed by atoms with Crippen LogP contribution in [0.2, 0.25) is 0 Å². The van der Waals surface area contributed by atoms with Gasteiger partial charge in [-0.3, -0.25) is 9.48 Å². The number of aryl methyl sites for hydroxylation is 1. The van der Waals surface area contributed by atoms with E-state index in [-0.39, 0.29) is 24.5 Å². The zero-order valence-electron chi connectivity index (χ0n) is 12.3. The summed E-state index contributed by atoms with van der Waals surface area (Å²) in [6, 6.07) is 1.87. The molecule has 20 heavy (non-hydrogen) atoms. The summed E-state index contributed by atoms with van der Waals surface area (Å²) in [5.74, 6) is 0.363. The van der Waals surface area contributed by atoms with Crippen LogP contribution >= 0.6 is 0 Å². The fraction of sp³-hybridized carbons (Fsp3) is 0.600. The van der Waals surface area contributed by atoms with Gasteiger partial charge in [-0.25, -0.2) is 0 Å². The molecule has 0 spiro atoms. The number of aliphatic hydroxyl groups excluding tert-OH is 1. The second kappa shape index (κ2) is 6.22. The number of aromatic nitrogens is 2. The van der Waals surface area contributed by atoms with Gasteiger partial charge in [0.25, 0.3) is 5.91 Å². The molecule has 110 valence electrons. The van der Waals surface area contributed by atoms with Crippen LogP contribution in [0.4, 0.5) is 0 Å². The molecule has 0 saturated carbocycles. The van der Waals surface area contributed by atoms with Crippen molar-refractivity contribution in [1.29, 1.82) is 0 Å². The fourth-order valence-electron chi connectivity index (χ4n) is 2.40. The molecule has 1 aliphatic carbocycles. The van der Waals surface area contributed by atoms with Crippen molar-refractivity contribution in [3.8, 4) is 0 Å². The SMILES string of the molecule is CCn1nc(C(C)C)cc1C(=O)N[C@@H]1C=C[C@H](CO)C1. The Balaban J connectivity index is 2.07. The van der Waals surface area contributed by atoms with Crippen molar-refractivity contribution >= 4 is 5.91 Å². The van der Waals surface area contributed by atoms with Crippen molar-refractivity contribution in [2.75, 3.05) is 6.61 Å². The first-order valence-corrected chi connectivity index (χ1v) is 7.23. The van der Waals surface area contributed by atoms with Crippen molar-refractivity contribution in [3.63, 3.8) is 0 Å². The topological polar surface area (TPSA) is 67.2 Å². The van der Waals surface area contributed by atoms with Crippen LogP contribution in [-0.4, -0.2) is 33.4 Å². The van der Waals surface area contributed by atoms with Crippen LogP contribution in [0.5, 0.6) is 0 Å². The third-order valence-corrected chi connectivity index (χ3v) is 3.65. The van der Waals surface area contributed by atoms with Crippen LogP contribution in [0.15, 0.2) is 18.2 Å². The van der Waals surface area contributed by atoms with Crippen LogP contribution in [0.1, 0.15) is 49.3 Å². The van der Waals surface area contributed by atoms with Crippen LogP contribution in [0.3, 0.4) is 0 Å². The van der Waals surface area contributed by atoms with Crippen LogP contribution in [0.25, 0.3) is 0 Å². The van der Waals surface area contributed by atoms with Crippen molar-refractivity contribution in [2.45, 2.75) is 45.7 Å². The quantitative estimate of drug-likeness (QED) is 0.805. The molecule has 0 fully saturated rings. The van der Waals surface area contributed by atoms with E-state index in [1.54, 1.807) is 4.68 Å². The minimum Gasteiger partial charge on any atom is -0.396 e. The van der Waals surface area contributed by atoms with Crippen molar-refractivity contribution in [3.05, 3.63) is 29.6 Å². The molecular weight excluding hydrogens is 254 g/mol. The predicted molar refractivity (Wildman–Crippen MR) is 77.6 cm³/mol. The third-order valence-electron chi connectivity index (χ3n) is 3.65. The molecule has 2 N–H and O–H groups in total. The normalized spacial score (nSPS) is 21.6. The predicted octanol–water partition coefficient (Wildman–Crippen LogP) is 1.69. The highest BCUT2D eigenvalue weighted by Gasteiger charge is 2.22. The lowest BCUT2D eigenvalue weighted by Crippen LogP contribution is -2.34. The number of aliphatic hydroxyl groups is 1. The molecular formula is C15H23N3O2. The van der Waals surface area contributed by atoms with Gasteiger partial charge in [0.1, 0.15) is 5.69 Å². The number of rotatable bonds is 5. The van der Waals surface area contributed by atoms with E-state index in [4.69, 9.17) is 5.11 Å². The molecule has 0 aliphatic heterocycles. The van der Waals surface area contributed by atoms with E-state index in [2.05, 4.69) is 24.3 Å². The lowest BCUT2D eigenvalue weighted by molar-refractivity contribution is 0.0930. The Kier molecular flexibility index (Phi) is 4.60. The lowest BCUT2D eigenvalue weighted by Gasteiger charge is -2.13. The maximum absolute atomic E-state index is 12.3. The summed E-state index contributed by atoms with van der Waals surface area (Å²) >= 11 is 0. The van der Waals surface area contributed by atoms with Crippen LogP contribution < -0.4 is 5.32 Å². The summed E-state index contributed by atoms with van der Waals surface area (Å²) in [5.41, 5.74) is 1.55. The van der Waals surface area contributed by atoms with Gasteiger partial charge < -0.3 is 10.4 Å².